The molecule has 0 atom stereocenters. The van der Waals surface area contributed by atoms with Crippen LogP contribution >= 0.6 is 0 Å². The van der Waals surface area contributed by atoms with Gasteiger partial charge in [-0.1, -0.05) is 6.92 Å². The Morgan fingerprint density at radius 1 is 1.43 bits per heavy atom. The standard InChI is InChI=1S/C11H10O3/c1-2-7-6-14-11-4-3-9(12)10(13)5-8(7)11/h3-6H,2H2,1H3,(H,12,13). The third kappa shape index (κ3) is 1.27. The van der Waals surface area contributed by atoms with Gasteiger partial charge in [-0.25, -0.2) is 0 Å². The highest BCUT2D eigenvalue weighted by atomic mass is 16.3. The predicted molar refractivity (Wildman–Crippen MR) is 53.5 cm³/mol. The highest BCUT2D eigenvalue weighted by Gasteiger charge is 2.04. The fourth-order valence-electron chi connectivity index (χ4n) is 1.43. The lowest BCUT2D eigenvalue weighted by Gasteiger charge is -1.84. The molecule has 1 N–H and O–H groups in total. The SMILES string of the molecule is CCc1coc2ccc(O)c(=O)cc12. The van der Waals surface area contributed by atoms with E-state index in [2.05, 4.69) is 0 Å². The Bertz CT molecular complexity index is 526. The zero-order valence-corrected chi connectivity index (χ0v) is 7.78. The summed E-state index contributed by atoms with van der Waals surface area (Å²) >= 11 is 0. The Labute approximate surface area is 80.6 Å². The molecule has 0 unspecified atom stereocenters. The van der Waals surface area contributed by atoms with Gasteiger partial charge in [-0.15, -0.1) is 0 Å². The van der Waals surface area contributed by atoms with Gasteiger partial charge in [0.2, 0.25) is 5.43 Å². The molecule has 0 fully saturated rings. The van der Waals surface area contributed by atoms with Gasteiger partial charge in [0.1, 0.15) is 5.58 Å². The van der Waals surface area contributed by atoms with Gasteiger partial charge in [-0.3, -0.25) is 4.79 Å². The number of rotatable bonds is 1. The van der Waals surface area contributed by atoms with Crippen molar-refractivity contribution in [3.05, 3.63) is 40.2 Å². The Balaban J connectivity index is 2.90. The van der Waals surface area contributed by atoms with Gasteiger partial charge in [0.05, 0.1) is 6.26 Å². The van der Waals surface area contributed by atoms with Crippen molar-refractivity contribution in [1.29, 1.82) is 0 Å². The smallest absolute Gasteiger partial charge is 0.220 e. The van der Waals surface area contributed by atoms with Crippen LogP contribution < -0.4 is 5.43 Å². The maximum absolute atomic E-state index is 11.3. The fourth-order valence-corrected chi connectivity index (χ4v) is 1.43. The third-order valence-corrected chi connectivity index (χ3v) is 2.24. The Kier molecular flexibility index (Phi) is 2.00. The number of aryl methyl sites for hydroxylation is 1. The molecule has 3 nitrogen and oxygen atoms in total. The molecule has 3 heteroatoms. The zero-order valence-electron chi connectivity index (χ0n) is 7.78. The minimum atomic E-state index is -0.379. The highest BCUT2D eigenvalue weighted by Crippen LogP contribution is 2.20. The summed E-state index contributed by atoms with van der Waals surface area (Å²) in [6, 6.07) is 4.37. The molecular weight excluding hydrogens is 180 g/mol. The maximum Gasteiger partial charge on any atom is 0.220 e. The molecular formula is C11H10O3. The second-order valence-electron chi connectivity index (χ2n) is 3.12. The molecule has 72 valence electrons. The van der Waals surface area contributed by atoms with Crippen LogP contribution in [0.2, 0.25) is 0 Å². The van der Waals surface area contributed by atoms with Gasteiger partial charge in [0, 0.05) is 11.5 Å². The summed E-state index contributed by atoms with van der Waals surface area (Å²) in [4.78, 5) is 11.3. The minimum Gasteiger partial charge on any atom is -0.504 e. The van der Waals surface area contributed by atoms with E-state index < -0.39 is 0 Å². The average molecular weight is 190 g/mol. The number of furan rings is 1. The van der Waals surface area contributed by atoms with Crippen molar-refractivity contribution >= 4 is 11.0 Å². The van der Waals surface area contributed by atoms with Crippen LogP contribution in [0, 0.1) is 0 Å². The van der Waals surface area contributed by atoms with E-state index in [1.807, 2.05) is 6.92 Å². The van der Waals surface area contributed by atoms with Crippen LogP contribution in [0.3, 0.4) is 0 Å². The molecule has 1 heterocycles. The lowest BCUT2D eigenvalue weighted by atomic mass is 10.2. The summed E-state index contributed by atoms with van der Waals surface area (Å²) < 4.78 is 5.26. The first kappa shape index (κ1) is 8.81. The number of aromatic hydroxyl groups is 1. The quantitative estimate of drug-likeness (QED) is 0.748. The van der Waals surface area contributed by atoms with Crippen LogP contribution in [0.4, 0.5) is 0 Å². The first-order valence-corrected chi connectivity index (χ1v) is 4.45. The van der Waals surface area contributed by atoms with Crippen molar-refractivity contribution in [3.8, 4) is 5.75 Å². The molecule has 0 aliphatic rings. The summed E-state index contributed by atoms with van der Waals surface area (Å²) in [7, 11) is 0. The molecule has 0 saturated heterocycles. The van der Waals surface area contributed by atoms with Crippen molar-refractivity contribution in [3.63, 3.8) is 0 Å². The second-order valence-corrected chi connectivity index (χ2v) is 3.12. The maximum atomic E-state index is 11.3. The van der Waals surface area contributed by atoms with E-state index in [1.54, 1.807) is 12.3 Å². The lowest BCUT2D eigenvalue weighted by Crippen LogP contribution is -1.92. The third-order valence-electron chi connectivity index (χ3n) is 2.24. The first-order valence-electron chi connectivity index (χ1n) is 4.45. The number of fused-ring (bicyclic) bond motifs is 1. The van der Waals surface area contributed by atoms with Gasteiger partial charge in [0.25, 0.3) is 0 Å². The molecule has 2 aromatic rings. The van der Waals surface area contributed by atoms with Crippen molar-refractivity contribution in [2.24, 2.45) is 0 Å². The number of hydrogen-bond donors (Lipinski definition) is 1. The Morgan fingerprint density at radius 2 is 2.21 bits per heavy atom. The average Bonchev–Trinajstić information content (AvgIpc) is 2.50. The van der Waals surface area contributed by atoms with Crippen molar-refractivity contribution in [2.75, 3.05) is 0 Å². The van der Waals surface area contributed by atoms with Gasteiger partial charge in [0.15, 0.2) is 5.75 Å². The van der Waals surface area contributed by atoms with Crippen molar-refractivity contribution < 1.29 is 9.52 Å². The molecule has 0 radical (unpaired) electrons. The molecule has 0 saturated carbocycles. The van der Waals surface area contributed by atoms with Gasteiger partial charge in [-0.2, -0.15) is 0 Å². The van der Waals surface area contributed by atoms with E-state index in [0.717, 1.165) is 17.4 Å². The summed E-state index contributed by atoms with van der Waals surface area (Å²) in [6.45, 7) is 1.99. The highest BCUT2D eigenvalue weighted by molar-refractivity contribution is 5.80. The summed E-state index contributed by atoms with van der Waals surface area (Å²) in [5, 5.41) is 9.99. The molecule has 2 rings (SSSR count). The molecule has 0 spiro atoms. The fraction of sp³-hybridized carbons (Fsp3) is 0.182. The lowest BCUT2D eigenvalue weighted by molar-refractivity contribution is 0.471. The van der Waals surface area contributed by atoms with Crippen LogP contribution in [-0.2, 0) is 6.42 Å². The van der Waals surface area contributed by atoms with Crippen LogP contribution in [0.1, 0.15) is 12.5 Å². The predicted octanol–water partition coefficient (Wildman–Crippen LogP) is 2.06. The molecule has 0 aliphatic heterocycles. The zero-order chi connectivity index (χ0) is 10.1. The minimum absolute atomic E-state index is 0.251. The van der Waals surface area contributed by atoms with E-state index in [1.165, 1.54) is 12.1 Å². The molecule has 0 aliphatic carbocycles. The number of hydrogen-bond acceptors (Lipinski definition) is 3. The van der Waals surface area contributed by atoms with Gasteiger partial charge < -0.3 is 9.52 Å². The van der Waals surface area contributed by atoms with Crippen molar-refractivity contribution in [2.45, 2.75) is 13.3 Å². The van der Waals surface area contributed by atoms with E-state index >= 15 is 0 Å². The first-order chi connectivity index (χ1) is 6.72. The van der Waals surface area contributed by atoms with Crippen LogP contribution in [0.25, 0.3) is 11.0 Å². The van der Waals surface area contributed by atoms with Crippen LogP contribution in [-0.4, -0.2) is 5.11 Å². The van der Waals surface area contributed by atoms with Gasteiger partial charge >= 0.3 is 0 Å². The Hall–Kier alpha value is -1.77. The van der Waals surface area contributed by atoms with Crippen molar-refractivity contribution in [1.82, 2.24) is 0 Å². The van der Waals surface area contributed by atoms with E-state index in [0.29, 0.717) is 5.58 Å². The molecule has 0 amide bonds. The molecule has 1 aromatic heterocycles. The van der Waals surface area contributed by atoms with E-state index in [9.17, 15) is 9.90 Å². The topological polar surface area (TPSA) is 50.4 Å². The molecule has 0 bridgehead atoms. The van der Waals surface area contributed by atoms with E-state index in [4.69, 9.17) is 4.42 Å². The van der Waals surface area contributed by atoms with Crippen LogP contribution in [0.5, 0.6) is 5.75 Å². The van der Waals surface area contributed by atoms with Crippen LogP contribution in [0.15, 0.2) is 33.7 Å². The second kappa shape index (κ2) is 3.18. The van der Waals surface area contributed by atoms with Gasteiger partial charge in [-0.05, 0) is 24.1 Å². The largest absolute Gasteiger partial charge is 0.504 e. The van der Waals surface area contributed by atoms with E-state index in [-0.39, 0.29) is 11.2 Å². The molecule has 14 heavy (non-hydrogen) atoms. The summed E-state index contributed by atoms with van der Waals surface area (Å²) in [5.74, 6) is -0.251. The summed E-state index contributed by atoms with van der Waals surface area (Å²) in [5.41, 5.74) is 1.23. The summed E-state index contributed by atoms with van der Waals surface area (Å²) in [6.07, 6.45) is 2.44. The molecule has 1 aromatic carbocycles. The Morgan fingerprint density at radius 3 is 2.93 bits per heavy atom. The normalized spacial score (nSPS) is 10.6. The monoisotopic (exact) mass is 190 g/mol.